The topological polar surface area (TPSA) is 67.2 Å². The summed E-state index contributed by atoms with van der Waals surface area (Å²) in [7, 11) is 0. The molecule has 0 aliphatic heterocycles. The average molecular weight is 239 g/mol. The third kappa shape index (κ3) is 4.03. The smallest absolute Gasteiger partial charge is 0.253 e. The maximum Gasteiger partial charge on any atom is 0.253 e. The van der Waals surface area contributed by atoms with Crippen LogP contribution in [0, 0.1) is 5.82 Å². The zero-order valence-electron chi connectivity index (χ0n) is 9.92. The standard InChI is InChI=1S/C12H18FN3O/c1-2-15-7-4-8-16-10-6-3-5-9(13)11(10)12(14)17/h3,5-6,15-16H,2,4,7-8H2,1H3,(H2,14,17). The van der Waals surface area contributed by atoms with E-state index in [9.17, 15) is 9.18 Å². The largest absolute Gasteiger partial charge is 0.384 e. The van der Waals surface area contributed by atoms with Crippen molar-refractivity contribution in [2.45, 2.75) is 13.3 Å². The lowest BCUT2D eigenvalue weighted by atomic mass is 10.1. The van der Waals surface area contributed by atoms with Gasteiger partial charge in [0.2, 0.25) is 0 Å². The summed E-state index contributed by atoms with van der Waals surface area (Å²) in [5, 5.41) is 6.19. The molecule has 0 fully saturated rings. The minimum atomic E-state index is -0.753. The van der Waals surface area contributed by atoms with E-state index in [4.69, 9.17) is 5.73 Å². The number of primary amides is 1. The monoisotopic (exact) mass is 239 g/mol. The molecule has 4 N–H and O–H groups in total. The Morgan fingerprint density at radius 1 is 1.41 bits per heavy atom. The van der Waals surface area contributed by atoms with Crippen LogP contribution in [0.25, 0.3) is 0 Å². The van der Waals surface area contributed by atoms with Gasteiger partial charge in [0.25, 0.3) is 5.91 Å². The van der Waals surface area contributed by atoms with Crippen molar-refractivity contribution in [3.05, 3.63) is 29.6 Å². The number of benzene rings is 1. The number of halogens is 1. The van der Waals surface area contributed by atoms with Crippen molar-refractivity contribution in [3.63, 3.8) is 0 Å². The first-order valence-electron chi connectivity index (χ1n) is 5.69. The first-order chi connectivity index (χ1) is 8.16. The molecule has 0 aromatic heterocycles. The number of carbonyl (C=O) groups excluding carboxylic acids is 1. The zero-order chi connectivity index (χ0) is 12.7. The lowest BCUT2D eigenvalue weighted by Gasteiger charge is -2.10. The molecular formula is C12H18FN3O. The van der Waals surface area contributed by atoms with E-state index in [0.717, 1.165) is 19.5 Å². The Morgan fingerprint density at radius 2 is 2.18 bits per heavy atom. The molecule has 0 aliphatic carbocycles. The second-order valence-corrected chi connectivity index (χ2v) is 3.66. The van der Waals surface area contributed by atoms with Crippen molar-refractivity contribution in [2.75, 3.05) is 25.0 Å². The van der Waals surface area contributed by atoms with Gasteiger partial charge in [0.15, 0.2) is 0 Å². The first kappa shape index (κ1) is 13.4. The highest BCUT2D eigenvalue weighted by molar-refractivity contribution is 5.98. The molecule has 1 aromatic rings. The Morgan fingerprint density at radius 3 is 2.82 bits per heavy atom. The summed E-state index contributed by atoms with van der Waals surface area (Å²) in [5.41, 5.74) is 5.52. The quantitative estimate of drug-likeness (QED) is 0.629. The molecule has 94 valence electrons. The van der Waals surface area contributed by atoms with Crippen molar-refractivity contribution >= 4 is 11.6 Å². The lowest BCUT2D eigenvalue weighted by Crippen LogP contribution is -2.19. The zero-order valence-corrected chi connectivity index (χ0v) is 9.92. The molecule has 0 saturated carbocycles. The van der Waals surface area contributed by atoms with Crippen LogP contribution >= 0.6 is 0 Å². The minimum absolute atomic E-state index is 0.0732. The van der Waals surface area contributed by atoms with Gasteiger partial charge in [-0.25, -0.2) is 4.39 Å². The SMILES string of the molecule is CCNCCCNc1cccc(F)c1C(N)=O. The molecule has 1 amide bonds. The van der Waals surface area contributed by atoms with E-state index in [0.29, 0.717) is 12.2 Å². The van der Waals surface area contributed by atoms with Crippen LogP contribution in [-0.4, -0.2) is 25.5 Å². The van der Waals surface area contributed by atoms with E-state index >= 15 is 0 Å². The lowest BCUT2D eigenvalue weighted by molar-refractivity contribution is 0.0997. The highest BCUT2D eigenvalue weighted by Gasteiger charge is 2.12. The fourth-order valence-corrected chi connectivity index (χ4v) is 1.54. The summed E-state index contributed by atoms with van der Waals surface area (Å²) in [6.45, 7) is 4.50. The summed E-state index contributed by atoms with van der Waals surface area (Å²) in [5.74, 6) is -1.34. The summed E-state index contributed by atoms with van der Waals surface area (Å²) >= 11 is 0. The van der Waals surface area contributed by atoms with Crippen molar-refractivity contribution in [1.29, 1.82) is 0 Å². The van der Waals surface area contributed by atoms with Crippen LogP contribution in [-0.2, 0) is 0 Å². The molecule has 17 heavy (non-hydrogen) atoms. The molecule has 0 spiro atoms. The fourth-order valence-electron chi connectivity index (χ4n) is 1.54. The van der Waals surface area contributed by atoms with Crippen LogP contribution in [0.4, 0.5) is 10.1 Å². The third-order valence-electron chi connectivity index (χ3n) is 2.36. The van der Waals surface area contributed by atoms with Gasteiger partial charge in [0.05, 0.1) is 5.56 Å². The molecule has 0 aliphatic rings. The van der Waals surface area contributed by atoms with Gasteiger partial charge in [-0.05, 0) is 31.6 Å². The molecule has 5 heteroatoms. The van der Waals surface area contributed by atoms with Gasteiger partial charge in [-0.2, -0.15) is 0 Å². The summed E-state index contributed by atoms with van der Waals surface area (Å²) in [6.07, 6.45) is 0.891. The minimum Gasteiger partial charge on any atom is -0.384 e. The summed E-state index contributed by atoms with van der Waals surface area (Å²) in [6, 6.07) is 4.43. The predicted molar refractivity (Wildman–Crippen MR) is 66.6 cm³/mol. The number of hydrogen-bond acceptors (Lipinski definition) is 3. The van der Waals surface area contributed by atoms with E-state index in [-0.39, 0.29) is 5.56 Å². The number of carbonyl (C=O) groups is 1. The van der Waals surface area contributed by atoms with E-state index in [1.807, 2.05) is 6.92 Å². The Kier molecular flexibility index (Phi) is 5.42. The molecule has 0 unspecified atom stereocenters. The Hall–Kier alpha value is -1.62. The number of rotatable bonds is 7. The molecular weight excluding hydrogens is 221 g/mol. The number of hydrogen-bond donors (Lipinski definition) is 3. The number of nitrogens with one attached hydrogen (secondary N) is 2. The molecule has 4 nitrogen and oxygen atoms in total. The van der Waals surface area contributed by atoms with E-state index in [1.165, 1.54) is 6.07 Å². The van der Waals surface area contributed by atoms with Gasteiger partial charge in [-0.3, -0.25) is 4.79 Å². The summed E-state index contributed by atoms with van der Waals surface area (Å²) < 4.78 is 13.4. The van der Waals surface area contributed by atoms with Gasteiger partial charge >= 0.3 is 0 Å². The van der Waals surface area contributed by atoms with Crippen LogP contribution in [0.1, 0.15) is 23.7 Å². The first-order valence-corrected chi connectivity index (χ1v) is 5.69. The van der Waals surface area contributed by atoms with Crippen molar-refractivity contribution < 1.29 is 9.18 Å². The fraction of sp³-hybridized carbons (Fsp3) is 0.417. The van der Waals surface area contributed by atoms with Gasteiger partial charge in [0, 0.05) is 12.2 Å². The predicted octanol–water partition coefficient (Wildman–Crippen LogP) is 1.34. The highest BCUT2D eigenvalue weighted by Crippen LogP contribution is 2.18. The Labute approximate surface area is 100 Å². The van der Waals surface area contributed by atoms with Crippen LogP contribution in [0.15, 0.2) is 18.2 Å². The molecule has 0 heterocycles. The van der Waals surface area contributed by atoms with Crippen LogP contribution in [0.5, 0.6) is 0 Å². The maximum atomic E-state index is 13.4. The maximum absolute atomic E-state index is 13.4. The van der Waals surface area contributed by atoms with E-state index < -0.39 is 11.7 Å². The molecule has 0 saturated heterocycles. The normalized spacial score (nSPS) is 10.2. The third-order valence-corrected chi connectivity index (χ3v) is 2.36. The average Bonchev–Trinajstić information content (AvgIpc) is 2.28. The molecule has 1 aromatic carbocycles. The Balaban J connectivity index is 2.58. The van der Waals surface area contributed by atoms with Crippen LogP contribution in [0.2, 0.25) is 0 Å². The van der Waals surface area contributed by atoms with Gasteiger partial charge in [-0.1, -0.05) is 13.0 Å². The van der Waals surface area contributed by atoms with Gasteiger partial charge in [0.1, 0.15) is 5.82 Å². The molecule has 0 bridgehead atoms. The van der Waals surface area contributed by atoms with Crippen molar-refractivity contribution in [1.82, 2.24) is 5.32 Å². The van der Waals surface area contributed by atoms with E-state index in [2.05, 4.69) is 10.6 Å². The van der Waals surface area contributed by atoms with Crippen molar-refractivity contribution in [3.8, 4) is 0 Å². The number of anilines is 1. The van der Waals surface area contributed by atoms with E-state index in [1.54, 1.807) is 12.1 Å². The Bertz CT molecular complexity index is 382. The summed E-state index contributed by atoms with van der Waals surface area (Å²) in [4.78, 5) is 11.1. The number of nitrogens with two attached hydrogens (primary N) is 1. The van der Waals surface area contributed by atoms with Gasteiger partial charge in [-0.15, -0.1) is 0 Å². The second-order valence-electron chi connectivity index (χ2n) is 3.66. The van der Waals surface area contributed by atoms with Crippen LogP contribution < -0.4 is 16.4 Å². The molecule has 1 rings (SSSR count). The number of amides is 1. The second kappa shape index (κ2) is 6.85. The van der Waals surface area contributed by atoms with Crippen LogP contribution in [0.3, 0.4) is 0 Å². The molecule has 0 atom stereocenters. The van der Waals surface area contributed by atoms with Crippen molar-refractivity contribution in [2.24, 2.45) is 5.73 Å². The molecule has 0 radical (unpaired) electrons. The van der Waals surface area contributed by atoms with Gasteiger partial charge < -0.3 is 16.4 Å². The highest BCUT2D eigenvalue weighted by atomic mass is 19.1.